The van der Waals surface area contributed by atoms with Crippen molar-refractivity contribution in [3.63, 3.8) is 0 Å². The van der Waals surface area contributed by atoms with E-state index in [4.69, 9.17) is 18.0 Å². The maximum atomic E-state index is 5.53. The van der Waals surface area contributed by atoms with Crippen LogP contribution in [0.5, 0.6) is 0 Å². The zero-order valence-corrected chi connectivity index (χ0v) is 10.3. The Morgan fingerprint density at radius 1 is 1.47 bits per heavy atom. The van der Waals surface area contributed by atoms with E-state index in [1.807, 2.05) is 5.38 Å². The Labute approximate surface area is 98.7 Å². The van der Waals surface area contributed by atoms with Crippen LogP contribution in [-0.2, 0) is 0 Å². The summed E-state index contributed by atoms with van der Waals surface area (Å²) in [6.07, 6.45) is 0. The van der Waals surface area contributed by atoms with Crippen LogP contribution in [0, 0.1) is 0 Å². The summed E-state index contributed by atoms with van der Waals surface area (Å²) in [5.74, 6) is 0. The van der Waals surface area contributed by atoms with Gasteiger partial charge in [-0.05, 0) is 7.05 Å². The Morgan fingerprint density at radius 3 is 2.67 bits per heavy atom. The molecule has 2 heterocycles. The van der Waals surface area contributed by atoms with Gasteiger partial charge in [0.15, 0.2) is 5.13 Å². The molecule has 0 bridgehead atoms. The summed E-state index contributed by atoms with van der Waals surface area (Å²) in [6, 6.07) is 0. The summed E-state index contributed by atoms with van der Waals surface area (Å²) in [7, 11) is 2.14. The predicted octanol–water partition coefficient (Wildman–Crippen LogP) is 0.529. The van der Waals surface area contributed by atoms with Gasteiger partial charge in [-0.2, -0.15) is 0 Å². The molecule has 0 radical (unpaired) electrons. The number of hydrogen-bond donors (Lipinski definition) is 1. The smallest absolute Gasteiger partial charge is 0.186 e. The van der Waals surface area contributed by atoms with Crippen LogP contribution in [0.3, 0.4) is 0 Å². The second kappa shape index (κ2) is 4.42. The van der Waals surface area contributed by atoms with E-state index in [2.05, 4.69) is 21.8 Å². The normalized spacial score (nSPS) is 18.1. The molecule has 6 heteroatoms. The van der Waals surface area contributed by atoms with Crippen molar-refractivity contribution < 1.29 is 0 Å². The van der Waals surface area contributed by atoms with Crippen molar-refractivity contribution in [2.75, 3.05) is 38.1 Å². The minimum absolute atomic E-state index is 0.381. The average Bonchev–Trinajstić information content (AvgIpc) is 2.68. The van der Waals surface area contributed by atoms with Gasteiger partial charge < -0.3 is 15.5 Å². The number of rotatable bonds is 2. The van der Waals surface area contributed by atoms with E-state index >= 15 is 0 Å². The third-order valence-electron chi connectivity index (χ3n) is 2.52. The van der Waals surface area contributed by atoms with Gasteiger partial charge >= 0.3 is 0 Å². The van der Waals surface area contributed by atoms with Crippen molar-refractivity contribution in [2.24, 2.45) is 5.73 Å². The van der Waals surface area contributed by atoms with Gasteiger partial charge in [-0.15, -0.1) is 11.3 Å². The summed E-state index contributed by atoms with van der Waals surface area (Å²) in [6.45, 7) is 4.23. The van der Waals surface area contributed by atoms with E-state index in [1.54, 1.807) is 11.3 Å². The molecule has 15 heavy (non-hydrogen) atoms. The number of hydrogen-bond acceptors (Lipinski definition) is 5. The SMILES string of the molecule is CN1CCN(c2nc(C(N)=S)cs2)CC1. The maximum absolute atomic E-state index is 5.53. The van der Waals surface area contributed by atoms with E-state index < -0.39 is 0 Å². The van der Waals surface area contributed by atoms with E-state index in [9.17, 15) is 0 Å². The average molecular weight is 242 g/mol. The van der Waals surface area contributed by atoms with Crippen molar-refractivity contribution in [1.82, 2.24) is 9.88 Å². The highest BCUT2D eigenvalue weighted by atomic mass is 32.1. The molecular formula is C9H14N4S2. The van der Waals surface area contributed by atoms with Crippen LogP contribution in [0.25, 0.3) is 0 Å². The van der Waals surface area contributed by atoms with E-state index in [0.717, 1.165) is 37.0 Å². The first-order valence-electron chi connectivity index (χ1n) is 4.85. The van der Waals surface area contributed by atoms with Gasteiger partial charge in [-0.25, -0.2) is 4.98 Å². The quantitative estimate of drug-likeness (QED) is 0.767. The van der Waals surface area contributed by atoms with Gasteiger partial charge in [-0.3, -0.25) is 0 Å². The Morgan fingerprint density at radius 2 is 2.13 bits per heavy atom. The van der Waals surface area contributed by atoms with Crippen LogP contribution in [0.15, 0.2) is 5.38 Å². The number of nitrogens with two attached hydrogens (primary N) is 1. The largest absolute Gasteiger partial charge is 0.388 e. The molecular weight excluding hydrogens is 228 g/mol. The lowest BCUT2D eigenvalue weighted by atomic mass is 10.3. The Balaban J connectivity index is 2.06. The van der Waals surface area contributed by atoms with Crippen molar-refractivity contribution in [2.45, 2.75) is 0 Å². The van der Waals surface area contributed by atoms with Crippen molar-refractivity contribution >= 4 is 33.7 Å². The molecule has 1 aliphatic heterocycles. The minimum Gasteiger partial charge on any atom is -0.388 e. The summed E-state index contributed by atoms with van der Waals surface area (Å²) in [4.78, 5) is 9.40. The summed E-state index contributed by atoms with van der Waals surface area (Å²) in [5, 5.41) is 2.96. The minimum atomic E-state index is 0.381. The molecule has 1 aromatic heterocycles. The van der Waals surface area contributed by atoms with Crippen LogP contribution in [0.2, 0.25) is 0 Å². The zero-order valence-electron chi connectivity index (χ0n) is 8.64. The molecule has 2 rings (SSSR count). The van der Waals surface area contributed by atoms with Crippen LogP contribution in [-0.4, -0.2) is 48.1 Å². The van der Waals surface area contributed by atoms with Crippen LogP contribution in [0.4, 0.5) is 5.13 Å². The van der Waals surface area contributed by atoms with Gasteiger partial charge in [0, 0.05) is 31.6 Å². The molecule has 0 amide bonds. The van der Waals surface area contributed by atoms with Crippen molar-refractivity contribution in [3.05, 3.63) is 11.1 Å². The van der Waals surface area contributed by atoms with E-state index in [-0.39, 0.29) is 0 Å². The number of thiocarbonyl (C=S) groups is 1. The fourth-order valence-corrected chi connectivity index (χ4v) is 2.58. The predicted molar refractivity (Wildman–Crippen MR) is 67.7 cm³/mol. The molecule has 2 N–H and O–H groups in total. The van der Waals surface area contributed by atoms with Crippen molar-refractivity contribution in [3.8, 4) is 0 Å². The number of nitrogens with zero attached hydrogens (tertiary/aromatic N) is 3. The Kier molecular flexibility index (Phi) is 3.18. The van der Waals surface area contributed by atoms with E-state index in [0.29, 0.717) is 4.99 Å². The molecule has 1 aliphatic rings. The lowest BCUT2D eigenvalue weighted by molar-refractivity contribution is 0.312. The highest BCUT2D eigenvalue weighted by Crippen LogP contribution is 2.21. The topological polar surface area (TPSA) is 45.4 Å². The molecule has 0 saturated carbocycles. The number of anilines is 1. The number of piperazine rings is 1. The summed E-state index contributed by atoms with van der Waals surface area (Å²) < 4.78 is 0. The number of likely N-dealkylation sites (N-methyl/N-ethyl adjacent to an activating group) is 1. The van der Waals surface area contributed by atoms with Crippen LogP contribution >= 0.6 is 23.6 Å². The molecule has 0 unspecified atom stereocenters. The first-order valence-corrected chi connectivity index (χ1v) is 6.14. The highest BCUT2D eigenvalue weighted by Gasteiger charge is 2.17. The lowest BCUT2D eigenvalue weighted by Gasteiger charge is -2.32. The fraction of sp³-hybridized carbons (Fsp3) is 0.556. The van der Waals surface area contributed by atoms with Gasteiger partial charge in [0.1, 0.15) is 10.7 Å². The van der Waals surface area contributed by atoms with Gasteiger partial charge in [0.25, 0.3) is 0 Å². The Bertz CT molecular complexity index is 355. The molecule has 1 saturated heterocycles. The van der Waals surface area contributed by atoms with Crippen LogP contribution in [0.1, 0.15) is 5.69 Å². The maximum Gasteiger partial charge on any atom is 0.186 e. The zero-order chi connectivity index (χ0) is 10.8. The Hall–Kier alpha value is -0.720. The third kappa shape index (κ3) is 2.45. The monoisotopic (exact) mass is 242 g/mol. The fourth-order valence-electron chi connectivity index (χ4n) is 1.52. The molecule has 0 aromatic carbocycles. The second-order valence-electron chi connectivity index (χ2n) is 3.67. The first kappa shape index (κ1) is 10.8. The summed E-state index contributed by atoms with van der Waals surface area (Å²) in [5.41, 5.74) is 6.27. The summed E-state index contributed by atoms with van der Waals surface area (Å²) >= 11 is 6.51. The second-order valence-corrected chi connectivity index (χ2v) is 4.95. The molecule has 1 aromatic rings. The van der Waals surface area contributed by atoms with Gasteiger partial charge in [0.2, 0.25) is 0 Å². The molecule has 1 fully saturated rings. The number of thiazole rings is 1. The third-order valence-corrected chi connectivity index (χ3v) is 3.63. The molecule has 0 aliphatic carbocycles. The molecule has 4 nitrogen and oxygen atoms in total. The molecule has 82 valence electrons. The van der Waals surface area contributed by atoms with Gasteiger partial charge in [0.05, 0.1) is 0 Å². The number of aromatic nitrogens is 1. The highest BCUT2D eigenvalue weighted by molar-refractivity contribution is 7.80. The molecule has 0 atom stereocenters. The van der Waals surface area contributed by atoms with Gasteiger partial charge in [-0.1, -0.05) is 12.2 Å². The standard InChI is InChI=1S/C9H14N4S2/c1-12-2-4-13(5-3-12)9-11-7(6-15-9)8(10)14/h6H,2-5H2,1H3,(H2,10,14). The van der Waals surface area contributed by atoms with E-state index in [1.165, 1.54) is 0 Å². The molecule has 0 spiro atoms. The lowest BCUT2D eigenvalue weighted by Crippen LogP contribution is -2.44. The van der Waals surface area contributed by atoms with Crippen molar-refractivity contribution in [1.29, 1.82) is 0 Å². The van der Waals surface area contributed by atoms with Crippen LogP contribution < -0.4 is 10.6 Å². The first-order chi connectivity index (χ1) is 7.16.